The molecule has 0 bridgehead atoms. The second-order valence-corrected chi connectivity index (χ2v) is 6.28. The number of carbonyl (C=O) groups excluding carboxylic acids is 1. The predicted octanol–water partition coefficient (Wildman–Crippen LogP) is 2.55. The Labute approximate surface area is 142 Å². The Morgan fingerprint density at radius 2 is 2.21 bits per heavy atom. The summed E-state index contributed by atoms with van der Waals surface area (Å²) in [5, 5.41) is 7.18. The molecule has 0 aliphatic carbocycles. The number of amides is 1. The van der Waals surface area contributed by atoms with Gasteiger partial charge in [-0.25, -0.2) is 0 Å². The Balaban J connectivity index is 1.45. The number of piperidine rings is 1. The molecule has 6 heteroatoms. The van der Waals surface area contributed by atoms with Gasteiger partial charge in [-0.05, 0) is 44.0 Å². The molecule has 1 amide bonds. The SMILES string of the molecule is O=C(CCN1CCCCC1CCn1cccn1)Nc1cccnc1. The maximum Gasteiger partial charge on any atom is 0.225 e. The van der Waals surface area contributed by atoms with Crippen LogP contribution in [0.4, 0.5) is 5.69 Å². The van der Waals surface area contributed by atoms with E-state index in [1.807, 2.05) is 35.3 Å². The van der Waals surface area contributed by atoms with Gasteiger partial charge >= 0.3 is 0 Å². The van der Waals surface area contributed by atoms with Crippen LogP contribution >= 0.6 is 0 Å². The van der Waals surface area contributed by atoms with Gasteiger partial charge in [-0.2, -0.15) is 5.10 Å². The smallest absolute Gasteiger partial charge is 0.225 e. The first kappa shape index (κ1) is 16.6. The third kappa shape index (κ3) is 4.89. The average molecular weight is 327 g/mol. The van der Waals surface area contributed by atoms with Gasteiger partial charge in [0.2, 0.25) is 5.91 Å². The van der Waals surface area contributed by atoms with Gasteiger partial charge in [0.25, 0.3) is 0 Å². The van der Waals surface area contributed by atoms with Crippen LogP contribution in [-0.4, -0.2) is 44.7 Å². The van der Waals surface area contributed by atoms with Crippen molar-refractivity contribution >= 4 is 11.6 Å². The topological polar surface area (TPSA) is 63.1 Å². The molecule has 0 spiro atoms. The first-order valence-corrected chi connectivity index (χ1v) is 8.72. The van der Waals surface area contributed by atoms with Crippen LogP contribution in [0.1, 0.15) is 32.1 Å². The van der Waals surface area contributed by atoms with Crippen molar-refractivity contribution in [2.75, 3.05) is 18.4 Å². The van der Waals surface area contributed by atoms with E-state index in [1.54, 1.807) is 12.4 Å². The van der Waals surface area contributed by atoms with Gasteiger partial charge in [-0.1, -0.05) is 6.42 Å². The zero-order valence-electron chi connectivity index (χ0n) is 14.0. The number of carbonyl (C=O) groups is 1. The van der Waals surface area contributed by atoms with E-state index in [0.29, 0.717) is 12.5 Å². The van der Waals surface area contributed by atoms with Crippen LogP contribution in [0.15, 0.2) is 43.0 Å². The lowest BCUT2D eigenvalue weighted by molar-refractivity contribution is -0.116. The molecule has 0 aromatic carbocycles. The lowest BCUT2D eigenvalue weighted by Gasteiger charge is -2.35. The number of hydrogen-bond acceptors (Lipinski definition) is 4. The first-order chi connectivity index (χ1) is 11.8. The third-order valence-electron chi connectivity index (χ3n) is 4.57. The highest BCUT2D eigenvalue weighted by atomic mass is 16.1. The second kappa shape index (κ2) is 8.59. The van der Waals surface area contributed by atoms with Crippen LogP contribution in [0.25, 0.3) is 0 Å². The minimum atomic E-state index is 0.0550. The van der Waals surface area contributed by atoms with Crippen molar-refractivity contribution < 1.29 is 4.79 Å². The lowest BCUT2D eigenvalue weighted by Crippen LogP contribution is -2.41. The number of nitrogens with one attached hydrogen (secondary N) is 1. The van der Waals surface area contributed by atoms with Crippen LogP contribution in [0, 0.1) is 0 Å². The molecule has 0 saturated carbocycles. The number of nitrogens with zero attached hydrogens (tertiary/aromatic N) is 4. The maximum atomic E-state index is 12.1. The highest BCUT2D eigenvalue weighted by molar-refractivity contribution is 5.90. The molecular weight excluding hydrogens is 302 g/mol. The van der Waals surface area contributed by atoms with Crippen LogP contribution < -0.4 is 5.32 Å². The molecular formula is C18H25N5O. The molecule has 1 aliphatic heterocycles. The number of hydrogen-bond donors (Lipinski definition) is 1. The lowest BCUT2D eigenvalue weighted by atomic mass is 9.99. The normalized spacial score (nSPS) is 18.4. The molecule has 0 radical (unpaired) electrons. The molecule has 3 rings (SSSR count). The fourth-order valence-corrected chi connectivity index (χ4v) is 3.30. The summed E-state index contributed by atoms with van der Waals surface area (Å²) in [4.78, 5) is 18.6. The summed E-state index contributed by atoms with van der Waals surface area (Å²) >= 11 is 0. The van der Waals surface area contributed by atoms with Crippen LogP contribution in [0.5, 0.6) is 0 Å². The minimum absolute atomic E-state index is 0.0550. The predicted molar refractivity (Wildman–Crippen MR) is 93.5 cm³/mol. The van der Waals surface area contributed by atoms with E-state index in [-0.39, 0.29) is 5.91 Å². The molecule has 1 unspecified atom stereocenters. The number of aromatic nitrogens is 3. The van der Waals surface area contributed by atoms with E-state index >= 15 is 0 Å². The molecule has 1 fully saturated rings. The Bertz CT molecular complexity index is 614. The maximum absolute atomic E-state index is 12.1. The molecule has 1 aliphatic rings. The van der Waals surface area contributed by atoms with Crippen molar-refractivity contribution in [1.82, 2.24) is 19.7 Å². The highest BCUT2D eigenvalue weighted by Crippen LogP contribution is 2.20. The zero-order valence-corrected chi connectivity index (χ0v) is 14.0. The Kier molecular flexibility index (Phi) is 5.96. The highest BCUT2D eigenvalue weighted by Gasteiger charge is 2.22. The Morgan fingerprint density at radius 1 is 1.25 bits per heavy atom. The van der Waals surface area contributed by atoms with Crippen LogP contribution in [0.3, 0.4) is 0 Å². The molecule has 1 saturated heterocycles. The molecule has 1 atom stereocenters. The van der Waals surface area contributed by atoms with Crippen LogP contribution in [0.2, 0.25) is 0 Å². The van der Waals surface area contributed by atoms with E-state index in [9.17, 15) is 4.79 Å². The van der Waals surface area contributed by atoms with Crippen molar-refractivity contribution in [3.8, 4) is 0 Å². The van der Waals surface area contributed by atoms with E-state index in [2.05, 4.69) is 20.3 Å². The second-order valence-electron chi connectivity index (χ2n) is 6.28. The molecule has 128 valence electrons. The number of aryl methyl sites for hydroxylation is 1. The fraction of sp³-hybridized carbons (Fsp3) is 0.500. The van der Waals surface area contributed by atoms with Crippen molar-refractivity contribution in [3.05, 3.63) is 43.0 Å². The number of likely N-dealkylation sites (tertiary alicyclic amines) is 1. The van der Waals surface area contributed by atoms with Crippen molar-refractivity contribution in [1.29, 1.82) is 0 Å². The summed E-state index contributed by atoms with van der Waals surface area (Å²) in [5.74, 6) is 0.0550. The van der Waals surface area contributed by atoms with Gasteiger partial charge in [-0.3, -0.25) is 19.4 Å². The summed E-state index contributed by atoms with van der Waals surface area (Å²) in [7, 11) is 0. The van der Waals surface area contributed by atoms with Crippen LogP contribution in [-0.2, 0) is 11.3 Å². The Hall–Kier alpha value is -2.21. The summed E-state index contributed by atoms with van der Waals surface area (Å²) in [6, 6.07) is 6.19. The largest absolute Gasteiger partial charge is 0.325 e. The molecule has 1 N–H and O–H groups in total. The molecule has 24 heavy (non-hydrogen) atoms. The van der Waals surface area contributed by atoms with Crippen molar-refractivity contribution in [3.63, 3.8) is 0 Å². The van der Waals surface area contributed by atoms with Gasteiger partial charge in [-0.15, -0.1) is 0 Å². The Morgan fingerprint density at radius 3 is 3.00 bits per heavy atom. The number of anilines is 1. The third-order valence-corrected chi connectivity index (χ3v) is 4.57. The van der Waals surface area contributed by atoms with Crippen molar-refractivity contribution in [2.24, 2.45) is 0 Å². The summed E-state index contributed by atoms with van der Waals surface area (Å²) in [5.41, 5.74) is 0.761. The van der Waals surface area contributed by atoms with E-state index in [0.717, 1.165) is 31.7 Å². The van der Waals surface area contributed by atoms with E-state index < -0.39 is 0 Å². The van der Waals surface area contributed by atoms with Gasteiger partial charge in [0.15, 0.2) is 0 Å². The summed E-state index contributed by atoms with van der Waals surface area (Å²) in [6.45, 7) is 2.84. The molecule has 3 heterocycles. The van der Waals surface area contributed by atoms with E-state index in [1.165, 1.54) is 19.3 Å². The monoisotopic (exact) mass is 327 g/mol. The molecule has 6 nitrogen and oxygen atoms in total. The summed E-state index contributed by atoms with van der Waals surface area (Å²) < 4.78 is 1.99. The quantitative estimate of drug-likeness (QED) is 0.849. The standard InChI is InChI=1S/C18H25N5O/c24-18(21-16-5-3-9-19-15-16)8-13-22-11-2-1-6-17(22)7-14-23-12-4-10-20-23/h3-5,9-10,12,15,17H,1-2,6-8,11,13-14H2,(H,21,24). The van der Waals surface area contributed by atoms with Gasteiger partial charge in [0.1, 0.15) is 0 Å². The minimum Gasteiger partial charge on any atom is -0.325 e. The number of pyridine rings is 1. The van der Waals surface area contributed by atoms with Crippen molar-refractivity contribution in [2.45, 2.75) is 44.7 Å². The molecule has 2 aromatic rings. The van der Waals surface area contributed by atoms with Gasteiger partial charge in [0, 0.05) is 44.1 Å². The summed E-state index contributed by atoms with van der Waals surface area (Å²) in [6.07, 6.45) is 12.5. The van der Waals surface area contributed by atoms with Gasteiger partial charge in [0.05, 0.1) is 11.9 Å². The molecule has 2 aromatic heterocycles. The fourth-order valence-electron chi connectivity index (χ4n) is 3.30. The zero-order chi connectivity index (χ0) is 16.6. The van der Waals surface area contributed by atoms with Gasteiger partial charge < -0.3 is 5.32 Å². The van der Waals surface area contributed by atoms with E-state index in [4.69, 9.17) is 0 Å². The first-order valence-electron chi connectivity index (χ1n) is 8.72. The average Bonchev–Trinajstić information content (AvgIpc) is 3.13. The number of rotatable bonds is 7.